The van der Waals surface area contributed by atoms with Gasteiger partial charge >= 0.3 is 0 Å². The van der Waals surface area contributed by atoms with Gasteiger partial charge in [0.2, 0.25) is 0 Å². The Morgan fingerprint density at radius 2 is 2.24 bits per heavy atom. The van der Waals surface area contributed by atoms with E-state index in [4.69, 9.17) is 0 Å². The average Bonchev–Trinajstić information content (AvgIpc) is 2.97. The molecule has 84 valence electrons. The van der Waals surface area contributed by atoms with Crippen molar-refractivity contribution in [2.24, 2.45) is 0 Å². The summed E-state index contributed by atoms with van der Waals surface area (Å²) < 4.78 is 1.79. The molecule has 3 rings (SSSR count). The zero-order valence-corrected chi connectivity index (χ0v) is 8.79. The van der Waals surface area contributed by atoms with Gasteiger partial charge in [-0.2, -0.15) is 5.10 Å². The van der Waals surface area contributed by atoms with Crippen LogP contribution in [0.5, 0.6) is 0 Å². The fourth-order valence-corrected chi connectivity index (χ4v) is 1.57. The number of aromatic nitrogens is 4. The molecule has 0 bridgehead atoms. The van der Waals surface area contributed by atoms with Crippen LogP contribution in [0.2, 0.25) is 0 Å². The predicted molar refractivity (Wildman–Crippen MR) is 61.7 cm³/mol. The molecule has 0 atom stereocenters. The lowest BCUT2D eigenvalue weighted by Crippen LogP contribution is -2.12. The third-order valence-electron chi connectivity index (χ3n) is 2.40. The molecule has 0 saturated carbocycles. The maximum absolute atomic E-state index is 11.9. The van der Waals surface area contributed by atoms with E-state index in [1.54, 1.807) is 47.4 Å². The van der Waals surface area contributed by atoms with Gasteiger partial charge < -0.3 is 9.72 Å². The van der Waals surface area contributed by atoms with Crippen LogP contribution >= 0.6 is 0 Å². The minimum atomic E-state index is -0.190. The molecule has 0 aromatic carbocycles. The fraction of sp³-hybridized carbons (Fsp3) is 0. The number of pyridine rings is 1. The zero-order valence-electron chi connectivity index (χ0n) is 8.79. The number of hydrogen-bond donors (Lipinski definition) is 2. The molecule has 0 unspecified atom stereocenters. The van der Waals surface area contributed by atoms with E-state index in [1.807, 2.05) is 0 Å². The number of aromatic amines is 1. The second-order valence-electron chi connectivity index (χ2n) is 3.53. The molecule has 0 aliphatic rings. The van der Waals surface area contributed by atoms with E-state index in [0.717, 1.165) is 5.65 Å². The summed E-state index contributed by atoms with van der Waals surface area (Å²) in [6.07, 6.45) is 6.79. The summed E-state index contributed by atoms with van der Waals surface area (Å²) in [6, 6.07) is 5.21. The van der Waals surface area contributed by atoms with Crippen molar-refractivity contribution in [1.82, 2.24) is 19.6 Å². The lowest BCUT2D eigenvalue weighted by Gasteiger charge is -2.02. The van der Waals surface area contributed by atoms with Gasteiger partial charge in [-0.3, -0.25) is 9.89 Å². The van der Waals surface area contributed by atoms with Crippen LogP contribution < -0.4 is 5.32 Å². The van der Waals surface area contributed by atoms with Crippen molar-refractivity contribution in [2.75, 3.05) is 5.32 Å². The van der Waals surface area contributed by atoms with Gasteiger partial charge in [0, 0.05) is 24.7 Å². The fourth-order valence-electron chi connectivity index (χ4n) is 1.57. The number of imidazole rings is 1. The Hall–Kier alpha value is -2.63. The number of carbonyl (C=O) groups is 1. The highest BCUT2D eigenvalue weighted by atomic mass is 16.1. The lowest BCUT2D eigenvalue weighted by atomic mass is 10.2. The van der Waals surface area contributed by atoms with Crippen LogP contribution in [0.1, 0.15) is 10.4 Å². The Kier molecular flexibility index (Phi) is 2.11. The Morgan fingerprint density at radius 1 is 1.29 bits per heavy atom. The van der Waals surface area contributed by atoms with Crippen molar-refractivity contribution in [3.05, 3.63) is 48.5 Å². The molecule has 0 fully saturated rings. The van der Waals surface area contributed by atoms with Gasteiger partial charge in [0.1, 0.15) is 11.5 Å². The minimum Gasteiger partial charge on any atom is -0.307 e. The van der Waals surface area contributed by atoms with E-state index in [9.17, 15) is 4.79 Å². The quantitative estimate of drug-likeness (QED) is 0.693. The van der Waals surface area contributed by atoms with Crippen molar-refractivity contribution in [2.45, 2.75) is 0 Å². The summed E-state index contributed by atoms with van der Waals surface area (Å²) in [5, 5.41) is 9.13. The first-order valence-corrected chi connectivity index (χ1v) is 5.06. The van der Waals surface area contributed by atoms with Gasteiger partial charge in [-0.15, -0.1) is 0 Å². The van der Waals surface area contributed by atoms with Crippen LogP contribution in [0.15, 0.2) is 43.0 Å². The maximum atomic E-state index is 11.9. The SMILES string of the molecule is O=C(Nc1ccn[nH]1)c1ccc2nccn2c1. The van der Waals surface area contributed by atoms with E-state index >= 15 is 0 Å². The van der Waals surface area contributed by atoms with Crippen molar-refractivity contribution >= 4 is 17.4 Å². The van der Waals surface area contributed by atoms with Crippen LogP contribution in [0, 0.1) is 0 Å². The Balaban J connectivity index is 1.90. The van der Waals surface area contributed by atoms with E-state index in [0.29, 0.717) is 11.4 Å². The molecule has 3 aromatic heterocycles. The molecule has 3 aromatic rings. The normalized spacial score (nSPS) is 10.6. The highest BCUT2D eigenvalue weighted by Gasteiger charge is 2.07. The number of anilines is 1. The van der Waals surface area contributed by atoms with E-state index in [2.05, 4.69) is 20.5 Å². The molecular formula is C11H9N5O. The number of fused-ring (bicyclic) bond motifs is 1. The Labute approximate surface area is 96.3 Å². The Bertz CT molecular complexity index is 655. The molecule has 2 N–H and O–H groups in total. The van der Waals surface area contributed by atoms with E-state index in [-0.39, 0.29) is 5.91 Å². The predicted octanol–water partition coefficient (Wildman–Crippen LogP) is 1.31. The second-order valence-corrected chi connectivity index (χ2v) is 3.53. The number of carbonyl (C=O) groups excluding carboxylic acids is 1. The van der Waals surface area contributed by atoms with Crippen LogP contribution in [0.3, 0.4) is 0 Å². The van der Waals surface area contributed by atoms with Crippen molar-refractivity contribution < 1.29 is 4.79 Å². The van der Waals surface area contributed by atoms with Gasteiger partial charge in [0.05, 0.1) is 11.8 Å². The van der Waals surface area contributed by atoms with Gasteiger partial charge in [-0.25, -0.2) is 4.98 Å². The van der Waals surface area contributed by atoms with Gasteiger partial charge in [0.15, 0.2) is 0 Å². The number of H-pyrrole nitrogens is 1. The molecule has 3 heterocycles. The molecule has 0 spiro atoms. The van der Waals surface area contributed by atoms with Crippen LogP contribution in [-0.4, -0.2) is 25.5 Å². The van der Waals surface area contributed by atoms with Gasteiger partial charge in [-0.1, -0.05) is 0 Å². The first-order valence-electron chi connectivity index (χ1n) is 5.06. The first-order chi connectivity index (χ1) is 8.33. The zero-order chi connectivity index (χ0) is 11.7. The van der Waals surface area contributed by atoms with Gasteiger partial charge in [0.25, 0.3) is 5.91 Å². The largest absolute Gasteiger partial charge is 0.307 e. The number of rotatable bonds is 2. The minimum absolute atomic E-state index is 0.190. The van der Waals surface area contributed by atoms with Crippen LogP contribution in [0.4, 0.5) is 5.82 Å². The molecule has 0 saturated heterocycles. The maximum Gasteiger partial charge on any atom is 0.258 e. The smallest absolute Gasteiger partial charge is 0.258 e. The summed E-state index contributed by atoms with van der Waals surface area (Å²) in [4.78, 5) is 16.0. The topological polar surface area (TPSA) is 75.1 Å². The van der Waals surface area contributed by atoms with Crippen molar-refractivity contribution in [1.29, 1.82) is 0 Å². The molecule has 0 radical (unpaired) electrons. The monoisotopic (exact) mass is 227 g/mol. The number of nitrogens with zero attached hydrogens (tertiary/aromatic N) is 3. The molecule has 0 aliphatic heterocycles. The standard InChI is InChI=1S/C11H9N5O/c17-11(14-9-3-4-13-15-9)8-1-2-10-12-5-6-16(10)7-8/h1-7H,(H2,13,14,15,17). The van der Waals surface area contributed by atoms with Crippen molar-refractivity contribution in [3.8, 4) is 0 Å². The number of hydrogen-bond acceptors (Lipinski definition) is 3. The van der Waals surface area contributed by atoms with Crippen molar-refractivity contribution in [3.63, 3.8) is 0 Å². The highest BCUT2D eigenvalue weighted by molar-refractivity contribution is 6.03. The summed E-state index contributed by atoms with van der Waals surface area (Å²) in [6.45, 7) is 0. The summed E-state index contributed by atoms with van der Waals surface area (Å²) in [5.41, 5.74) is 1.37. The highest BCUT2D eigenvalue weighted by Crippen LogP contribution is 2.07. The summed E-state index contributed by atoms with van der Waals surface area (Å²) in [7, 11) is 0. The molecule has 0 aliphatic carbocycles. The number of amides is 1. The summed E-state index contributed by atoms with van der Waals surface area (Å²) in [5.74, 6) is 0.380. The summed E-state index contributed by atoms with van der Waals surface area (Å²) >= 11 is 0. The second kappa shape index (κ2) is 3.75. The first kappa shape index (κ1) is 9.59. The van der Waals surface area contributed by atoms with E-state index < -0.39 is 0 Å². The molecule has 6 heteroatoms. The molecule has 1 amide bonds. The molecule has 17 heavy (non-hydrogen) atoms. The molecule has 6 nitrogen and oxygen atoms in total. The average molecular weight is 227 g/mol. The Morgan fingerprint density at radius 3 is 3.06 bits per heavy atom. The van der Waals surface area contributed by atoms with Crippen LogP contribution in [0.25, 0.3) is 5.65 Å². The van der Waals surface area contributed by atoms with Crippen LogP contribution in [-0.2, 0) is 0 Å². The lowest BCUT2D eigenvalue weighted by molar-refractivity contribution is 0.102. The third kappa shape index (κ3) is 1.76. The number of nitrogens with one attached hydrogen (secondary N) is 2. The third-order valence-corrected chi connectivity index (χ3v) is 2.40. The van der Waals surface area contributed by atoms with Gasteiger partial charge in [-0.05, 0) is 12.1 Å². The molecular weight excluding hydrogens is 218 g/mol. The van der Waals surface area contributed by atoms with E-state index in [1.165, 1.54) is 0 Å².